The van der Waals surface area contributed by atoms with E-state index in [1.807, 2.05) is 0 Å². The van der Waals surface area contributed by atoms with E-state index in [0.717, 1.165) is 0 Å². The summed E-state index contributed by atoms with van der Waals surface area (Å²) in [7, 11) is -3.60. The predicted molar refractivity (Wildman–Crippen MR) is 63.0 cm³/mol. The summed E-state index contributed by atoms with van der Waals surface area (Å²) >= 11 is 0. The summed E-state index contributed by atoms with van der Waals surface area (Å²) in [5, 5.41) is 17.6. The van der Waals surface area contributed by atoms with E-state index in [2.05, 4.69) is 4.84 Å². The Morgan fingerprint density at radius 1 is 1.32 bits per heavy atom. The Morgan fingerprint density at radius 3 is 2.37 bits per heavy atom. The van der Waals surface area contributed by atoms with E-state index < -0.39 is 20.9 Å². The Hall–Kier alpha value is -2.16. The number of nitrogens with zero attached hydrogens (tertiary/aromatic N) is 1. The van der Waals surface area contributed by atoms with Crippen molar-refractivity contribution in [3.8, 4) is 0 Å². The van der Waals surface area contributed by atoms with Gasteiger partial charge in [-0.15, -0.1) is 10.1 Å². The van der Waals surface area contributed by atoms with Crippen LogP contribution in [0.1, 0.15) is 16.8 Å². The van der Waals surface area contributed by atoms with E-state index >= 15 is 0 Å². The number of carboxylic acids is 1. The summed E-state index contributed by atoms with van der Waals surface area (Å²) in [6.45, 7) is -0.306. The highest BCUT2D eigenvalue weighted by atomic mass is 32.2. The molecule has 8 nitrogen and oxygen atoms in total. The molecule has 19 heavy (non-hydrogen) atoms. The highest BCUT2D eigenvalue weighted by molar-refractivity contribution is 7.91. The van der Waals surface area contributed by atoms with E-state index in [4.69, 9.17) is 5.11 Å². The molecule has 0 saturated heterocycles. The fourth-order valence-electron chi connectivity index (χ4n) is 1.31. The van der Waals surface area contributed by atoms with Crippen LogP contribution in [0, 0.1) is 10.1 Å². The summed E-state index contributed by atoms with van der Waals surface area (Å²) in [6, 6.07) is 4.74. The molecule has 9 heteroatoms. The zero-order valence-electron chi connectivity index (χ0n) is 9.68. The third kappa shape index (κ3) is 4.54. The van der Waals surface area contributed by atoms with Gasteiger partial charge in [0.05, 0.1) is 22.8 Å². The lowest BCUT2D eigenvalue weighted by atomic mass is 10.2. The molecule has 0 aliphatic rings. The second-order valence-corrected chi connectivity index (χ2v) is 5.67. The summed E-state index contributed by atoms with van der Waals surface area (Å²) in [5.74, 6) is -1.46. The maximum absolute atomic E-state index is 11.8. The third-order valence-electron chi connectivity index (χ3n) is 2.21. The van der Waals surface area contributed by atoms with Gasteiger partial charge in [-0.05, 0) is 30.7 Å². The van der Waals surface area contributed by atoms with Crippen molar-refractivity contribution in [3.63, 3.8) is 0 Å². The molecule has 0 aliphatic carbocycles. The molecule has 0 fully saturated rings. The van der Waals surface area contributed by atoms with Crippen molar-refractivity contribution in [2.75, 3.05) is 12.4 Å². The quantitative estimate of drug-likeness (QED) is 0.446. The highest BCUT2D eigenvalue weighted by Crippen LogP contribution is 2.13. The van der Waals surface area contributed by atoms with E-state index in [1.54, 1.807) is 0 Å². The zero-order chi connectivity index (χ0) is 14.5. The highest BCUT2D eigenvalue weighted by Gasteiger charge is 2.15. The Labute approximate surface area is 108 Å². The van der Waals surface area contributed by atoms with Gasteiger partial charge in [0.1, 0.15) is 0 Å². The summed E-state index contributed by atoms with van der Waals surface area (Å²) in [4.78, 5) is 24.5. The molecule has 0 atom stereocenters. The molecule has 0 amide bonds. The summed E-state index contributed by atoms with van der Waals surface area (Å²) < 4.78 is 23.6. The molecular weight excluding hydrogens is 278 g/mol. The van der Waals surface area contributed by atoms with Gasteiger partial charge in [-0.2, -0.15) is 0 Å². The number of aromatic carboxylic acids is 1. The lowest BCUT2D eigenvalue weighted by molar-refractivity contribution is -0.757. The van der Waals surface area contributed by atoms with Gasteiger partial charge in [0, 0.05) is 0 Å². The van der Waals surface area contributed by atoms with Crippen LogP contribution in [0.25, 0.3) is 0 Å². The van der Waals surface area contributed by atoms with Crippen molar-refractivity contribution in [1.29, 1.82) is 0 Å². The molecular formula is C10H11NO7S. The second-order valence-electron chi connectivity index (χ2n) is 3.56. The van der Waals surface area contributed by atoms with E-state index in [9.17, 15) is 23.3 Å². The van der Waals surface area contributed by atoms with Gasteiger partial charge >= 0.3 is 5.97 Å². The van der Waals surface area contributed by atoms with Crippen LogP contribution in [0.5, 0.6) is 0 Å². The van der Waals surface area contributed by atoms with Crippen molar-refractivity contribution in [2.24, 2.45) is 0 Å². The number of hydrogen-bond acceptors (Lipinski definition) is 6. The van der Waals surface area contributed by atoms with Crippen molar-refractivity contribution >= 4 is 15.8 Å². The molecule has 1 aromatic carbocycles. The maximum Gasteiger partial charge on any atom is 0.335 e. The molecule has 0 bridgehead atoms. The van der Waals surface area contributed by atoms with Crippen LogP contribution in [-0.2, 0) is 14.7 Å². The lowest BCUT2D eigenvalue weighted by Gasteiger charge is -2.04. The number of sulfone groups is 1. The standard InChI is InChI=1S/C10H11NO7S/c12-10(13)8-2-4-9(5-3-8)19(16,17)7-1-6-18-11(14)15/h2-5H,1,6-7H2,(H,12,13). The Bertz CT molecular complexity index is 564. The van der Waals surface area contributed by atoms with Crippen molar-refractivity contribution in [3.05, 3.63) is 39.9 Å². The van der Waals surface area contributed by atoms with Crippen LogP contribution < -0.4 is 0 Å². The third-order valence-corrected chi connectivity index (χ3v) is 4.03. The predicted octanol–water partition coefficient (Wildman–Crippen LogP) is 0.757. The lowest BCUT2D eigenvalue weighted by Crippen LogP contribution is -2.11. The van der Waals surface area contributed by atoms with E-state index in [0.29, 0.717) is 0 Å². The average Bonchev–Trinajstić information content (AvgIpc) is 2.34. The van der Waals surface area contributed by atoms with Crippen molar-refractivity contribution in [1.82, 2.24) is 0 Å². The van der Waals surface area contributed by atoms with Crippen LogP contribution in [0.15, 0.2) is 29.2 Å². The molecule has 1 N–H and O–H groups in total. The Morgan fingerprint density at radius 2 is 1.89 bits per heavy atom. The van der Waals surface area contributed by atoms with Crippen molar-refractivity contribution < 1.29 is 28.2 Å². The molecule has 1 rings (SSSR count). The van der Waals surface area contributed by atoms with Gasteiger partial charge in [-0.3, -0.25) is 0 Å². The molecule has 0 heterocycles. The van der Waals surface area contributed by atoms with Gasteiger partial charge in [0.2, 0.25) is 0 Å². The fourth-order valence-corrected chi connectivity index (χ4v) is 2.60. The first-order valence-electron chi connectivity index (χ1n) is 5.16. The summed E-state index contributed by atoms with van der Waals surface area (Å²) in [5.41, 5.74) is -0.0179. The van der Waals surface area contributed by atoms with Gasteiger partial charge in [0.25, 0.3) is 5.09 Å². The minimum absolute atomic E-state index is 0.0179. The Kier molecular flexibility index (Phi) is 4.81. The van der Waals surface area contributed by atoms with Crippen LogP contribution in [-0.4, -0.2) is 36.9 Å². The number of hydrogen-bond donors (Lipinski definition) is 1. The molecule has 0 aliphatic heterocycles. The number of benzene rings is 1. The first-order chi connectivity index (χ1) is 8.83. The fraction of sp³-hybridized carbons (Fsp3) is 0.300. The first-order valence-corrected chi connectivity index (χ1v) is 6.81. The number of rotatable bonds is 7. The molecule has 104 valence electrons. The number of carboxylic acid groups (broad SMARTS) is 1. The summed E-state index contributed by atoms with van der Waals surface area (Å²) in [6.07, 6.45) is -0.0238. The molecule has 0 saturated carbocycles. The van der Waals surface area contributed by atoms with E-state index in [1.165, 1.54) is 24.3 Å². The van der Waals surface area contributed by atoms with Gasteiger partial charge in [-0.1, -0.05) is 0 Å². The Balaban J connectivity index is 2.66. The zero-order valence-corrected chi connectivity index (χ0v) is 10.5. The minimum atomic E-state index is -3.60. The van der Waals surface area contributed by atoms with Gasteiger partial charge < -0.3 is 9.94 Å². The van der Waals surface area contributed by atoms with Crippen LogP contribution in [0.4, 0.5) is 0 Å². The normalized spacial score (nSPS) is 10.9. The molecule has 0 spiro atoms. The van der Waals surface area contributed by atoms with Crippen molar-refractivity contribution in [2.45, 2.75) is 11.3 Å². The monoisotopic (exact) mass is 289 g/mol. The first kappa shape index (κ1) is 14.9. The largest absolute Gasteiger partial charge is 0.478 e. The SMILES string of the molecule is O=C(O)c1ccc(S(=O)(=O)CCCO[N+](=O)[O-])cc1. The number of carbonyl (C=O) groups is 1. The topological polar surface area (TPSA) is 124 Å². The minimum Gasteiger partial charge on any atom is -0.478 e. The van der Waals surface area contributed by atoms with Gasteiger partial charge in [-0.25, -0.2) is 13.2 Å². The molecule has 1 aromatic rings. The van der Waals surface area contributed by atoms with Crippen LogP contribution in [0.2, 0.25) is 0 Å². The molecule has 0 radical (unpaired) electrons. The second kappa shape index (κ2) is 6.14. The smallest absolute Gasteiger partial charge is 0.335 e. The molecule has 0 aromatic heterocycles. The van der Waals surface area contributed by atoms with Crippen LogP contribution >= 0.6 is 0 Å². The van der Waals surface area contributed by atoms with Gasteiger partial charge in [0.15, 0.2) is 9.84 Å². The van der Waals surface area contributed by atoms with Crippen LogP contribution in [0.3, 0.4) is 0 Å². The maximum atomic E-state index is 11.8. The molecule has 0 unspecified atom stereocenters. The van der Waals surface area contributed by atoms with E-state index in [-0.39, 0.29) is 29.2 Å². The average molecular weight is 289 g/mol.